The number of carbonyl (C=O) groups is 3. The lowest BCUT2D eigenvalue weighted by atomic mass is 10.2. The van der Waals surface area contributed by atoms with Crippen molar-refractivity contribution < 1.29 is 23.9 Å². The Labute approximate surface area is 201 Å². The van der Waals surface area contributed by atoms with Crippen molar-refractivity contribution in [3.05, 3.63) is 94.5 Å². The molecule has 3 rings (SSSR count). The lowest BCUT2D eigenvalue weighted by molar-refractivity contribution is -0.120. The Morgan fingerprint density at radius 2 is 1.65 bits per heavy atom. The van der Waals surface area contributed by atoms with Crippen LogP contribution in [0.3, 0.4) is 0 Å². The van der Waals surface area contributed by atoms with Crippen molar-refractivity contribution in [1.29, 1.82) is 0 Å². The smallest absolute Gasteiger partial charge is 0.343 e. The van der Waals surface area contributed by atoms with Crippen LogP contribution in [0.5, 0.6) is 11.5 Å². The zero-order chi connectivity index (χ0) is 24.3. The topological polar surface area (TPSA) is 106 Å². The second-order valence-electron chi connectivity index (χ2n) is 6.90. The number of hydrogen-bond donors (Lipinski definition) is 2. The van der Waals surface area contributed by atoms with E-state index in [1.165, 1.54) is 12.3 Å². The van der Waals surface area contributed by atoms with Gasteiger partial charge in [0.15, 0.2) is 0 Å². The molecule has 0 aliphatic rings. The van der Waals surface area contributed by atoms with Crippen molar-refractivity contribution in [2.75, 3.05) is 13.2 Å². The van der Waals surface area contributed by atoms with E-state index in [-0.39, 0.29) is 6.54 Å². The van der Waals surface area contributed by atoms with E-state index < -0.39 is 17.8 Å². The predicted octanol–water partition coefficient (Wildman–Crippen LogP) is 3.84. The van der Waals surface area contributed by atoms with Gasteiger partial charge in [0.05, 0.1) is 24.9 Å². The minimum Gasteiger partial charge on any atom is -0.494 e. The van der Waals surface area contributed by atoms with E-state index in [4.69, 9.17) is 21.1 Å². The summed E-state index contributed by atoms with van der Waals surface area (Å²) in [5.41, 5.74) is 3.75. The lowest BCUT2D eigenvalue weighted by Crippen LogP contribution is -2.34. The number of benzene rings is 3. The minimum atomic E-state index is -0.493. The molecule has 0 aliphatic carbocycles. The van der Waals surface area contributed by atoms with Crippen LogP contribution in [-0.4, -0.2) is 37.1 Å². The van der Waals surface area contributed by atoms with Crippen LogP contribution >= 0.6 is 11.6 Å². The first-order valence-electron chi connectivity index (χ1n) is 10.4. The molecule has 9 heteroatoms. The fourth-order valence-corrected chi connectivity index (χ4v) is 2.94. The fraction of sp³-hybridized carbons (Fsp3) is 0.120. The number of ether oxygens (including phenoxy) is 2. The molecule has 0 bridgehead atoms. The highest BCUT2D eigenvalue weighted by molar-refractivity contribution is 6.31. The average Bonchev–Trinajstić information content (AvgIpc) is 2.84. The molecule has 3 aromatic rings. The summed E-state index contributed by atoms with van der Waals surface area (Å²) < 4.78 is 10.7. The third-order valence-corrected chi connectivity index (χ3v) is 4.63. The van der Waals surface area contributed by atoms with Gasteiger partial charge in [-0.25, -0.2) is 10.2 Å². The van der Waals surface area contributed by atoms with E-state index in [0.717, 1.165) is 0 Å². The number of halogens is 1. The Kier molecular flexibility index (Phi) is 8.76. The van der Waals surface area contributed by atoms with Gasteiger partial charge in [-0.15, -0.1) is 0 Å². The van der Waals surface area contributed by atoms with Crippen molar-refractivity contribution in [3.8, 4) is 11.5 Å². The first-order valence-corrected chi connectivity index (χ1v) is 10.7. The molecule has 0 unspecified atom stereocenters. The maximum absolute atomic E-state index is 12.3. The third-order valence-electron chi connectivity index (χ3n) is 4.39. The van der Waals surface area contributed by atoms with Crippen LogP contribution in [0.1, 0.15) is 33.2 Å². The third kappa shape index (κ3) is 7.46. The van der Waals surface area contributed by atoms with Gasteiger partial charge in [0, 0.05) is 10.6 Å². The van der Waals surface area contributed by atoms with Crippen LogP contribution in [0.2, 0.25) is 5.02 Å². The predicted molar refractivity (Wildman–Crippen MR) is 129 cm³/mol. The highest BCUT2D eigenvalue weighted by atomic mass is 35.5. The number of hydrogen-bond acceptors (Lipinski definition) is 6. The molecule has 8 nitrogen and oxygen atoms in total. The van der Waals surface area contributed by atoms with Crippen molar-refractivity contribution in [2.24, 2.45) is 5.10 Å². The van der Waals surface area contributed by atoms with E-state index >= 15 is 0 Å². The van der Waals surface area contributed by atoms with E-state index in [2.05, 4.69) is 15.8 Å². The van der Waals surface area contributed by atoms with Gasteiger partial charge in [0.1, 0.15) is 11.5 Å². The molecule has 2 amide bonds. The number of carbonyl (C=O) groups excluding carboxylic acids is 3. The van der Waals surface area contributed by atoms with Gasteiger partial charge in [-0.05, 0) is 79.2 Å². The number of rotatable bonds is 9. The summed E-state index contributed by atoms with van der Waals surface area (Å²) >= 11 is 5.85. The molecule has 0 aliphatic heterocycles. The van der Waals surface area contributed by atoms with Gasteiger partial charge < -0.3 is 14.8 Å². The molecule has 0 atom stereocenters. The standard InChI is InChI=1S/C25H22ClN3O5/c1-2-33-21-12-8-18(9-13-21)25(32)34-22-10-6-17(7-11-22)15-28-29-23(30)16-27-24(31)19-4-3-5-20(26)14-19/h3-15H,2,16H2,1H3,(H,27,31)(H,29,30). The monoisotopic (exact) mass is 479 g/mol. The van der Waals surface area contributed by atoms with Crippen LogP contribution in [0.4, 0.5) is 0 Å². The first-order chi connectivity index (χ1) is 16.4. The van der Waals surface area contributed by atoms with Crippen LogP contribution in [-0.2, 0) is 4.79 Å². The molecule has 0 radical (unpaired) electrons. The van der Waals surface area contributed by atoms with E-state index in [0.29, 0.717) is 39.8 Å². The molecule has 0 saturated heterocycles. The Balaban J connectivity index is 1.44. The number of nitrogens with zero attached hydrogens (tertiary/aromatic N) is 1. The van der Waals surface area contributed by atoms with Crippen molar-refractivity contribution >= 4 is 35.6 Å². The first kappa shape index (κ1) is 24.5. The Hall–Kier alpha value is -4.17. The summed E-state index contributed by atoms with van der Waals surface area (Å²) in [6, 6.07) is 19.7. The van der Waals surface area contributed by atoms with Crippen LogP contribution in [0.15, 0.2) is 77.9 Å². The molecule has 2 N–H and O–H groups in total. The number of esters is 1. The second-order valence-corrected chi connectivity index (χ2v) is 7.34. The molecule has 0 heterocycles. The van der Waals surface area contributed by atoms with Crippen molar-refractivity contribution in [1.82, 2.24) is 10.7 Å². The molecule has 0 fully saturated rings. The average molecular weight is 480 g/mol. The molecule has 0 aromatic heterocycles. The number of amides is 2. The molecule has 34 heavy (non-hydrogen) atoms. The molecule has 0 saturated carbocycles. The summed E-state index contributed by atoms with van der Waals surface area (Å²) in [4.78, 5) is 36.1. The largest absolute Gasteiger partial charge is 0.494 e. The van der Waals surface area contributed by atoms with Crippen LogP contribution in [0.25, 0.3) is 0 Å². The SMILES string of the molecule is CCOc1ccc(C(=O)Oc2ccc(C=NNC(=O)CNC(=O)c3cccc(Cl)c3)cc2)cc1. The quantitative estimate of drug-likeness (QED) is 0.210. The molecule has 174 valence electrons. The van der Waals surface area contributed by atoms with Crippen molar-refractivity contribution in [3.63, 3.8) is 0 Å². The minimum absolute atomic E-state index is 0.247. The Morgan fingerprint density at radius 1 is 0.941 bits per heavy atom. The zero-order valence-corrected chi connectivity index (χ0v) is 19.0. The summed E-state index contributed by atoms with van der Waals surface area (Å²) in [6.45, 7) is 2.18. The second kappa shape index (κ2) is 12.2. The van der Waals surface area contributed by atoms with E-state index in [9.17, 15) is 14.4 Å². The number of nitrogens with one attached hydrogen (secondary N) is 2. The van der Waals surface area contributed by atoms with Gasteiger partial charge in [0.2, 0.25) is 0 Å². The maximum atomic E-state index is 12.3. The highest BCUT2D eigenvalue weighted by Crippen LogP contribution is 2.16. The summed E-state index contributed by atoms with van der Waals surface area (Å²) in [7, 11) is 0. The maximum Gasteiger partial charge on any atom is 0.343 e. The van der Waals surface area contributed by atoms with E-state index in [1.54, 1.807) is 66.7 Å². The molecule has 3 aromatic carbocycles. The Morgan fingerprint density at radius 3 is 2.32 bits per heavy atom. The lowest BCUT2D eigenvalue weighted by Gasteiger charge is -2.06. The normalized spacial score (nSPS) is 10.5. The van der Waals surface area contributed by atoms with Crippen molar-refractivity contribution in [2.45, 2.75) is 6.92 Å². The van der Waals surface area contributed by atoms with Gasteiger partial charge in [-0.3, -0.25) is 9.59 Å². The fourth-order valence-electron chi connectivity index (χ4n) is 2.75. The van der Waals surface area contributed by atoms with Crippen LogP contribution in [0, 0.1) is 0 Å². The summed E-state index contributed by atoms with van der Waals surface area (Å²) in [5.74, 6) is -0.358. The summed E-state index contributed by atoms with van der Waals surface area (Å²) in [5, 5.41) is 6.76. The molecule has 0 spiro atoms. The van der Waals surface area contributed by atoms with Gasteiger partial charge in [0.25, 0.3) is 11.8 Å². The van der Waals surface area contributed by atoms with Gasteiger partial charge >= 0.3 is 5.97 Å². The van der Waals surface area contributed by atoms with Crippen LogP contribution < -0.4 is 20.2 Å². The summed E-state index contributed by atoms with van der Waals surface area (Å²) in [6.07, 6.45) is 1.43. The highest BCUT2D eigenvalue weighted by Gasteiger charge is 2.09. The Bertz CT molecular complexity index is 1180. The number of hydrazone groups is 1. The molecular formula is C25H22ClN3O5. The molecular weight excluding hydrogens is 458 g/mol. The van der Waals surface area contributed by atoms with Gasteiger partial charge in [-0.2, -0.15) is 5.10 Å². The van der Waals surface area contributed by atoms with Gasteiger partial charge in [-0.1, -0.05) is 17.7 Å². The van der Waals surface area contributed by atoms with E-state index in [1.807, 2.05) is 6.92 Å². The zero-order valence-electron chi connectivity index (χ0n) is 18.3.